The molecule has 5 heteroatoms. The summed E-state index contributed by atoms with van der Waals surface area (Å²) in [5.74, 6) is 1.10. The summed E-state index contributed by atoms with van der Waals surface area (Å²) < 4.78 is 7.39. The summed E-state index contributed by atoms with van der Waals surface area (Å²) in [6.07, 6.45) is 11.7. The molecule has 4 aliphatic heterocycles. The average molecular weight is 930 g/mol. The van der Waals surface area contributed by atoms with Crippen molar-refractivity contribution in [2.45, 2.75) is 136 Å². The summed E-state index contributed by atoms with van der Waals surface area (Å²) in [4.78, 5) is 8.00. The van der Waals surface area contributed by atoms with Crippen molar-refractivity contribution in [3.05, 3.63) is 180 Å². The molecule has 4 unspecified atom stereocenters. The van der Waals surface area contributed by atoms with Gasteiger partial charge in [0.25, 0.3) is 6.71 Å². The van der Waals surface area contributed by atoms with Crippen LogP contribution in [0.3, 0.4) is 0 Å². The molecule has 7 aromatic rings. The average Bonchev–Trinajstić information content (AvgIpc) is 3.83. The molecule has 0 radical (unpaired) electrons. The fraction of sp³-hybridized carbons (Fsp3) is 0.333. The number of benzene rings is 7. The predicted molar refractivity (Wildman–Crippen MR) is 302 cm³/mol. The molecule has 6 aliphatic rings. The van der Waals surface area contributed by atoms with Crippen molar-refractivity contribution >= 4 is 79.4 Å². The molecular formula is C66H68BN3O. The number of para-hydroxylation sites is 3. The summed E-state index contributed by atoms with van der Waals surface area (Å²) in [5, 5.41) is 2.50. The van der Waals surface area contributed by atoms with E-state index in [0.717, 1.165) is 22.8 Å². The predicted octanol–water partition coefficient (Wildman–Crippen LogP) is 15.6. The fourth-order valence-electron chi connectivity index (χ4n) is 14.2. The van der Waals surface area contributed by atoms with Crippen LogP contribution in [-0.4, -0.2) is 18.4 Å². The van der Waals surface area contributed by atoms with Crippen molar-refractivity contribution in [2.24, 2.45) is 5.41 Å². The summed E-state index contributed by atoms with van der Waals surface area (Å²) >= 11 is 0. The van der Waals surface area contributed by atoms with Crippen LogP contribution in [0.15, 0.2) is 157 Å². The van der Waals surface area contributed by atoms with Gasteiger partial charge >= 0.3 is 0 Å². The Labute approximate surface area is 423 Å². The van der Waals surface area contributed by atoms with E-state index in [2.05, 4.69) is 243 Å². The zero-order chi connectivity index (χ0) is 49.1. The molecule has 356 valence electrons. The van der Waals surface area contributed by atoms with E-state index in [1.807, 2.05) is 0 Å². The third-order valence-corrected chi connectivity index (χ3v) is 18.0. The van der Waals surface area contributed by atoms with E-state index < -0.39 is 0 Å². The molecule has 71 heavy (non-hydrogen) atoms. The van der Waals surface area contributed by atoms with Crippen molar-refractivity contribution in [3.63, 3.8) is 0 Å². The van der Waals surface area contributed by atoms with Crippen LogP contribution in [-0.2, 0) is 16.2 Å². The Hall–Kier alpha value is -6.46. The summed E-state index contributed by atoms with van der Waals surface area (Å²) in [7, 11) is 0. The Balaban J connectivity index is 1.10. The van der Waals surface area contributed by atoms with E-state index in [-0.39, 0.29) is 45.9 Å². The Kier molecular flexibility index (Phi) is 9.43. The topological polar surface area (TPSA) is 19.0 Å². The maximum Gasteiger partial charge on any atom is 0.252 e. The van der Waals surface area contributed by atoms with E-state index in [9.17, 15) is 0 Å². The van der Waals surface area contributed by atoms with E-state index in [1.165, 1.54) is 109 Å². The summed E-state index contributed by atoms with van der Waals surface area (Å²) in [6.45, 7) is 26.3. The SMILES string of the molecule is CC(C)(C)C1=CC=CC2c3cccc(N(c4ccc5c(c4)N(c4ccccc4)c4cc(C(C)(C)C)cc6c4B5c4cccc5c4N6C4(C)CCCCC54C)c4ccc(C(C)(C)C)c5ccccc45)c3OC12. The molecule has 4 atom stereocenters. The van der Waals surface area contributed by atoms with Gasteiger partial charge in [-0.25, -0.2) is 0 Å². The lowest BCUT2D eigenvalue weighted by Crippen LogP contribution is -2.64. The summed E-state index contributed by atoms with van der Waals surface area (Å²) in [6, 6.07) is 51.7. The molecule has 7 aromatic carbocycles. The van der Waals surface area contributed by atoms with E-state index in [0.29, 0.717) is 0 Å². The molecule has 2 aliphatic carbocycles. The molecule has 0 spiro atoms. The molecule has 1 fully saturated rings. The minimum absolute atomic E-state index is 0.0405. The Bertz CT molecular complexity index is 3440. The largest absolute Gasteiger partial charge is 0.483 e. The molecule has 1 saturated carbocycles. The highest BCUT2D eigenvalue weighted by atomic mass is 16.5. The first-order chi connectivity index (χ1) is 33.9. The third kappa shape index (κ3) is 6.23. The van der Waals surface area contributed by atoms with E-state index in [1.54, 1.807) is 0 Å². The Morgan fingerprint density at radius 3 is 2.13 bits per heavy atom. The zero-order valence-corrected chi connectivity index (χ0v) is 43.7. The van der Waals surface area contributed by atoms with Gasteiger partial charge in [-0.15, -0.1) is 0 Å². The lowest BCUT2D eigenvalue weighted by molar-refractivity contribution is 0.195. The van der Waals surface area contributed by atoms with Gasteiger partial charge in [0.2, 0.25) is 0 Å². The van der Waals surface area contributed by atoms with Crippen LogP contribution in [0, 0.1) is 5.41 Å². The van der Waals surface area contributed by atoms with Crippen LogP contribution in [0.25, 0.3) is 10.8 Å². The molecule has 4 nitrogen and oxygen atoms in total. The molecule has 0 amide bonds. The number of anilines is 8. The highest BCUT2D eigenvalue weighted by Crippen LogP contribution is 2.62. The van der Waals surface area contributed by atoms with Gasteiger partial charge in [0.1, 0.15) is 11.9 Å². The number of rotatable bonds is 4. The number of ether oxygens (including phenoxy) is 1. The van der Waals surface area contributed by atoms with Crippen LogP contribution < -0.4 is 35.8 Å². The van der Waals surface area contributed by atoms with Crippen LogP contribution >= 0.6 is 0 Å². The number of nitrogens with zero attached hydrogens (tertiary/aromatic N) is 3. The van der Waals surface area contributed by atoms with Gasteiger partial charge in [0, 0.05) is 56.4 Å². The lowest BCUT2D eigenvalue weighted by atomic mass is 9.33. The number of allylic oxidation sites excluding steroid dienone is 2. The zero-order valence-electron chi connectivity index (χ0n) is 43.7. The molecule has 0 N–H and O–H groups in total. The van der Waals surface area contributed by atoms with E-state index in [4.69, 9.17) is 4.74 Å². The first kappa shape index (κ1) is 44.5. The molecule has 13 rings (SSSR count). The first-order valence-corrected chi connectivity index (χ1v) is 26.5. The molecular weight excluding hydrogens is 862 g/mol. The van der Waals surface area contributed by atoms with Gasteiger partial charge in [0.15, 0.2) is 0 Å². The molecule has 0 saturated heterocycles. The minimum Gasteiger partial charge on any atom is -0.483 e. The van der Waals surface area contributed by atoms with Gasteiger partial charge in [-0.05, 0) is 129 Å². The monoisotopic (exact) mass is 930 g/mol. The second-order valence-electron chi connectivity index (χ2n) is 25.2. The molecule has 4 heterocycles. The van der Waals surface area contributed by atoms with Gasteiger partial charge < -0.3 is 19.4 Å². The van der Waals surface area contributed by atoms with Crippen LogP contribution in [0.5, 0.6) is 5.75 Å². The van der Waals surface area contributed by atoms with Crippen molar-refractivity contribution in [1.82, 2.24) is 0 Å². The first-order valence-electron chi connectivity index (χ1n) is 26.5. The lowest BCUT2D eigenvalue weighted by Gasteiger charge is -2.53. The van der Waals surface area contributed by atoms with Crippen molar-refractivity contribution in [3.8, 4) is 5.75 Å². The Morgan fingerprint density at radius 2 is 1.37 bits per heavy atom. The Morgan fingerprint density at radius 1 is 0.634 bits per heavy atom. The van der Waals surface area contributed by atoms with Gasteiger partial charge in [0.05, 0.1) is 16.9 Å². The standard InChI is InChI=1S/C66H68BN3O/c1-62(2,3)41-38-56-58-57(39-41)70-59-49(65(10)36-17-18-37-66(65,70)11)28-21-30-52(59)67(58)51-34-32-43(40-55(51)68(56)42-22-13-12-14-23-42)69(53-35-33-48(63(4,5)6)44-24-15-16-25-45(44)53)54-31-20-27-47-46-26-19-29-50(64(7,8)9)60(46)71-61(47)54/h12-16,19-35,38-40,46,60H,17-18,36-37H2,1-11H3. The van der Waals surface area contributed by atoms with Crippen molar-refractivity contribution in [2.75, 3.05) is 14.7 Å². The molecule has 0 aromatic heterocycles. The van der Waals surface area contributed by atoms with Crippen molar-refractivity contribution < 1.29 is 4.74 Å². The third-order valence-electron chi connectivity index (χ3n) is 18.0. The quantitative estimate of drug-likeness (QED) is 0.164. The highest BCUT2D eigenvalue weighted by Gasteiger charge is 2.61. The van der Waals surface area contributed by atoms with E-state index >= 15 is 0 Å². The molecule has 0 bridgehead atoms. The number of hydrogen-bond donors (Lipinski definition) is 0. The highest BCUT2D eigenvalue weighted by molar-refractivity contribution is 7.00. The van der Waals surface area contributed by atoms with Crippen LogP contribution in [0.4, 0.5) is 45.5 Å². The maximum atomic E-state index is 7.39. The second kappa shape index (κ2) is 15.0. The maximum absolute atomic E-state index is 7.39. The minimum atomic E-state index is -0.0824. The summed E-state index contributed by atoms with van der Waals surface area (Å²) in [5.41, 5.74) is 20.7. The fourth-order valence-corrected chi connectivity index (χ4v) is 14.2. The van der Waals surface area contributed by atoms with Gasteiger partial charge in [-0.1, -0.05) is 185 Å². The van der Waals surface area contributed by atoms with Gasteiger partial charge in [-0.3, -0.25) is 0 Å². The number of fused-ring (bicyclic) bond motifs is 11. The van der Waals surface area contributed by atoms with Crippen LogP contribution in [0.1, 0.15) is 130 Å². The number of hydrogen-bond acceptors (Lipinski definition) is 4. The second-order valence-corrected chi connectivity index (χ2v) is 25.2. The van der Waals surface area contributed by atoms with Crippen molar-refractivity contribution in [1.29, 1.82) is 0 Å². The smallest absolute Gasteiger partial charge is 0.252 e. The normalized spacial score (nSPS) is 22.5. The van der Waals surface area contributed by atoms with Crippen LogP contribution in [0.2, 0.25) is 0 Å². The van der Waals surface area contributed by atoms with Gasteiger partial charge in [-0.2, -0.15) is 0 Å².